The number of nitrogens with zero attached hydrogens (tertiary/aromatic N) is 5. The van der Waals surface area contributed by atoms with E-state index >= 15 is 0 Å². The Bertz CT molecular complexity index is 1300. The number of aromatic nitrogens is 4. The summed E-state index contributed by atoms with van der Waals surface area (Å²) >= 11 is 0. The molecule has 3 heterocycles. The average Bonchev–Trinajstić information content (AvgIpc) is 3.43. The van der Waals surface area contributed by atoms with E-state index in [1.807, 2.05) is 24.4 Å². The molecule has 2 aromatic heterocycles. The first-order chi connectivity index (χ1) is 18.1. The molecule has 3 N–H and O–H groups in total. The molecular formula is C28H36N8O. The van der Waals surface area contributed by atoms with Crippen molar-refractivity contribution in [1.29, 1.82) is 0 Å². The number of likely N-dealkylation sites (tertiary alicyclic amines) is 1. The van der Waals surface area contributed by atoms with Gasteiger partial charge in [-0.2, -0.15) is 4.98 Å². The van der Waals surface area contributed by atoms with E-state index in [1.165, 1.54) is 11.3 Å². The normalized spacial score (nSPS) is 14.6. The summed E-state index contributed by atoms with van der Waals surface area (Å²) in [6.45, 7) is 3.64. The minimum atomic E-state index is 0.360. The monoisotopic (exact) mass is 500 g/mol. The zero-order chi connectivity index (χ0) is 25.6. The SMILES string of the molecule is COc1cccc(N(C)C)c1CN1CCC(Nc2nc(NCCc3cnc[nH]3)nc3ccccc23)CC1. The van der Waals surface area contributed by atoms with E-state index in [2.05, 4.69) is 68.8 Å². The molecule has 0 atom stereocenters. The number of ether oxygens (including phenoxy) is 1. The van der Waals surface area contributed by atoms with Crippen molar-refractivity contribution in [2.45, 2.75) is 31.8 Å². The fourth-order valence-electron chi connectivity index (χ4n) is 4.97. The number of benzene rings is 2. The molecule has 0 amide bonds. The summed E-state index contributed by atoms with van der Waals surface area (Å²) in [7, 11) is 5.92. The molecule has 1 aliphatic rings. The van der Waals surface area contributed by atoms with Gasteiger partial charge in [0, 0.05) is 81.3 Å². The van der Waals surface area contributed by atoms with Gasteiger partial charge in [0.2, 0.25) is 5.95 Å². The van der Waals surface area contributed by atoms with Crippen LogP contribution in [0.4, 0.5) is 17.5 Å². The number of hydrogen-bond acceptors (Lipinski definition) is 8. The molecule has 2 aromatic carbocycles. The molecule has 0 saturated carbocycles. The molecule has 0 unspecified atom stereocenters. The number of anilines is 3. The second kappa shape index (κ2) is 11.5. The van der Waals surface area contributed by atoms with Crippen molar-refractivity contribution < 1.29 is 4.74 Å². The first-order valence-corrected chi connectivity index (χ1v) is 12.9. The predicted octanol–water partition coefficient (Wildman–Crippen LogP) is 4.16. The van der Waals surface area contributed by atoms with Crippen LogP contribution in [0.2, 0.25) is 0 Å². The van der Waals surface area contributed by atoms with E-state index in [-0.39, 0.29) is 0 Å². The Morgan fingerprint density at radius 1 is 1.08 bits per heavy atom. The fraction of sp³-hybridized carbons (Fsp3) is 0.393. The van der Waals surface area contributed by atoms with Crippen molar-refractivity contribution in [2.24, 2.45) is 0 Å². The van der Waals surface area contributed by atoms with Crippen LogP contribution in [-0.4, -0.2) is 71.7 Å². The molecule has 194 valence electrons. The van der Waals surface area contributed by atoms with Crippen LogP contribution < -0.4 is 20.3 Å². The van der Waals surface area contributed by atoms with Gasteiger partial charge in [-0.05, 0) is 37.1 Å². The van der Waals surface area contributed by atoms with Gasteiger partial charge < -0.3 is 25.3 Å². The number of aromatic amines is 1. The highest BCUT2D eigenvalue weighted by molar-refractivity contribution is 5.90. The van der Waals surface area contributed by atoms with Crippen molar-refractivity contribution in [3.05, 3.63) is 66.2 Å². The van der Waals surface area contributed by atoms with Gasteiger partial charge in [-0.1, -0.05) is 18.2 Å². The predicted molar refractivity (Wildman–Crippen MR) is 150 cm³/mol. The first kappa shape index (κ1) is 24.8. The van der Waals surface area contributed by atoms with Crippen LogP contribution in [-0.2, 0) is 13.0 Å². The molecule has 0 radical (unpaired) electrons. The quantitative estimate of drug-likeness (QED) is 0.299. The van der Waals surface area contributed by atoms with E-state index < -0.39 is 0 Å². The summed E-state index contributed by atoms with van der Waals surface area (Å²) in [6.07, 6.45) is 6.48. The fourth-order valence-corrected chi connectivity index (χ4v) is 4.97. The number of hydrogen-bond donors (Lipinski definition) is 3. The highest BCUT2D eigenvalue weighted by atomic mass is 16.5. The first-order valence-electron chi connectivity index (χ1n) is 12.9. The number of H-pyrrole nitrogens is 1. The summed E-state index contributed by atoms with van der Waals surface area (Å²) < 4.78 is 5.69. The average molecular weight is 501 g/mol. The summed E-state index contributed by atoms with van der Waals surface area (Å²) in [5.74, 6) is 2.49. The minimum Gasteiger partial charge on any atom is -0.496 e. The number of para-hydroxylation sites is 1. The Hall–Kier alpha value is -3.85. The third kappa shape index (κ3) is 5.94. The van der Waals surface area contributed by atoms with Gasteiger partial charge in [0.05, 0.1) is 19.0 Å². The topological polar surface area (TPSA) is 94.2 Å². The van der Waals surface area contributed by atoms with Gasteiger partial charge in [0.1, 0.15) is 11.6 Å². The van der Waals surface area contributed by atoms with Crippen molar-refractivity contribution >= 4 is 28.4 Å². The van der Waals surface area contributed by atoms with Crippen LogP contribution >= 0.6 is 0 Å². The lowest BCUT2D eigenvalue weighted by atomic mass is 10.0. The van der Waals surface area contributed by atoms with Gasteiger partial charge in [-0.15, -0.1) is 0 Å². The third-order valence-corrected chi connectivity index (χ3v) is 6.96. The molecular weight excluding hydrogens is 464 g/mol. The molecule has 4 aromatic rings. The van der Waals surface area contributed by atoms with E-state index in [4.69, 9.17) is 14.7 Å². The van der Waals surface area contributed by atoms with E-state index in [9.17, 15) is 0 Å². The van der Waals surface area contributed by atoms with Crippen molar-refractivity contribution in [1.82, 2.24) is 24.8 Å². The third-order valence-electron chi connectivity index (χ3n) is 6.96. The second-order valence-corrected chi connectivity index (χ2v) is 9.71. The van der Waals surface area contributed by atoms with Crippen molar-refractivity contribution in [2.75, 3.05) is 56.4 Å². The zero-order valence-corrected chi connectivity index (χ0v) is 21.9. The van der Waals surface area contributed by atoms with Crippen LogP contribution in [0.15, 0.2) is 55.0 Å². The standard InChI is InChI=1S/C28H36N8O/c1-35(2)25-9-6-10-26(37-3)23(25)18-36-15-12-20(13-16-36)32-27-22-7-4-5-8-24(22)33-28(34-27)30-14-11-21-17-29-19-31-21/h4-10,17,19-20H,11-16,18H2,1-3H3,(H,29,31)(H2,30,32,33,34). The Morgan fingerprint density at radius 2 is 1.92 bits per heavy atom. The molecule has 1 fully saturated rings. The Labute approximate surface area is 218 Å². The summed E-state index contributed by atoms with van der Waals surface area (Å²) in [5, 5.41) is 8.17. The van der Waals surface area contributed by atoms with Crippen molar-refractivity contribution in [3.8, 4) is 5.75 Å². The zero-order valence-electron chi connectivity index (χ0n) is 21.9. The van der Waals surface area contributed by atoms with E-state index in [0.29, 0.717) is 12.0 Å². The van der Waals surface area contributed by atoms with E-state index in [0.717, 1.165) is 73.6 Å². The lowest BCUT2D eigenvalue weighted by molar-refractivity contribution is 0.209. The van der Waals surface area contributed by atoms with Crippen LogP contribution in [0.1, 0.15) is 24.1 Å². The molecule has 0 aliphatic carbocycles. The largest absolute Gasteiger partial charge is 0.496 e. The van der Waals surface area contributed by atoms with Gasteiger partial charge in [0.15, 0.2) is 0 Å². The Morgan fingerprint density at radius 3 is 2.68 bits per heavy atom. The van der Waals surface area contributed by atoms with Crippen LogP contribution in [0.3, 0.4) is 0 Å². The number of rotatable bonds is 10. The maximum Gasteiger partial charge on any atom is 0.225 e. The maximum absolute atomic E-state index is 5.69. The number of piperidine rings is 1. The van der Waals surface area contributed by atoms with Gasteiger partial charge in [-0.25, -0.2) is 9.97 Å². The molecule has 9 heteroatoms. The molecule has 0 spiro atoms. The number of fused-ring (bicyclic) bond motifs is 1. The van der Waals surface area contributed by atoms with Gasteiger partial charge >= 0.3 is 0 Å². The molecule has 0 bridgehead atoms. The molecule has 1 aliphatic heterocycles. The smallest absolute Gasteiger partial charge is 0.225 e. The van der Waals surface area contributed by atoms with E-state index in [1.54, 1.807) is 13.4 Å². The second-order valence-electron chi connectivity index (χ2n) is 9.71. The molecule has 9 nitrogen and oxygen atoms in total. The highest BCUT2D eigenvalue weighted by Gasteiger charge is 2.23. The Kier molecular flexibility index (Phi) is 7.70. The number of nitrogens with one attached hydrogen (secondary N) is 3. The molecule has 1 saturated heterocycles. The van der Waals surface area contributed by atoms with Gasteiger partial charge in [0.25, 0.3) is 0 Å². The maximum atomic E-state index is 5.69. The Balaban J connectivity index is 1.24. The van der Waals surface area contributed by atoms with Crippen LogP contribution in [0.25, 0.3) is 10.9 Å². The lowest BCUT2D eigenvalue weighted by Crippen LogP contribution is -2.39. The summed E-state index contributed by atoms with van der Waals surface area (Å²) in [4.78, 5) is 21.5. The summed E-state index contributed by atoms with van der Waals surface area (Å²) in [6, 6.07) is 14.8. The minimum absolute atomic E-state index is 0.360. The number of methoxy groups -OCH3 is 1. The highest BCUT2D eigenvalue weighted by Crippen LogP contribution is 2.31. The number of imidazole rings is 1. The summed E-state index contributed by atoms with van der Waals surface area (Å²) in [5.41, 5.74) is 4.48. The van der Waals surface area contributed by atoms with Crippen LogP contribution in [0.5, 0.6) is 5.75 Å². The van der Waals surface area contributed by atoms with Crippen LogP contribution in [0, 0.1) is 0 Å². The van der Waals surface area contributed by atoms with Gasteiger partial charge in [-0.3, -0.25) is 4.90 Å². The molecule has 37 heavy (non-hydrogen) atoms. The molecule has 5 rings (SSSR count). The van der Waals surface area contributed by atoms with Crippen molar-refractivity contribution in [3.63, 3.8) is 0 Å². The lowest BCUT2D eigenvalue weighted by Gasteiger charge is -2.34.